The Hall–Kier alpha value is -0.400. The van der Waals surface area contributed by atoms with E-state index in [1.165, 1.54) is 0 Å². The summed E-state index contributed by atoms with van der Waals surface area (Å²) in [6.07, 6.45) is 1.67. The van der Waals surface area contributed by atoms with Crippen molar-refractivity contribution in [2.24, 2.45) is 5.73 Å². The monoisotopic (exact) mass is 302 g/mol. The van der Waals surface area contributed by atoms with E-state index >= 15 is 0 Å². The van der Waals surface area contributed by atoms with Gasteiger partial charge in [0, 0.05) is 32.7 Å². The molecule has 5 nitrogen and oxygen atoms in total. The molecule has 0 saturated carbocycles. The van der Waals surface area contributed by atoms with E-state index in [0.717, 1.165) is 36.4 Å². The van der Waals surface area contributed by atoms with Crippen LogP contribution >= 0.6 is 15.9 Å². The van der Waals surface area contributed by atoms with Crippen molar-refractivity contribution < 1.29 is 4.42 Å². The van der Waals surface area contributed by atoms with Crippen LogP contribution in [0.1, 0.15) is 11.8 Å². The first-order valence-electron chi connectivity index (χ1n) is 5.83. The molecule has 1 aliphatic heterocycles. The van der Waals surface area contributed by atoms with Gasteiger partial charge in [0.25, 0.3) is 0 Å². The van der Waals surface area contributed by atoms with Crippen LogP contribution in [0.5, 0.6) is 0 Å². The summed E-state index contributed by atoms with van der Waals surface area (Å²) in [5.74, 6) is 0.867. The van der Waals surface area contributed by atoms with E-state index in [1.807, 2.05) is 6.07 Å². The Morgan fingerprint density at radius 3 is 2.71 bits per heavy atom. The Bertz CT molecular complexity index is 349. The molecule has 0 bridgehead atoms. The molecule has 3 N–H and O–H groups in total. The summed E-state index contributed by atoms with van der Waals surface area (Å²) in [5, 5.41) is 2.21. The lowest BCUT2D eigenvalue weighted by atomic mass is 10.2. The molecule has 1 atom stereocenters. The Kier molecular flexibility index (Phi) is 4.58. The molecule has 2 heterocycles. The van der Waals surface area contributed by atoms with Crippen molar-refractivity contribution in [1.82, 2.24) is 15.3 Å². The second kappa shape index (κ2) is 5.97. The Morgan fingerprint density at radius 2 is 2.18 bits per heavy atom. The molecule has 0 aromatic carbocycles. The zero-order valence-electron chi connectivity index (χ0n) is 10.0. The minimum Gasteiger partial charge on any atom is -0.466 e. The van der Waals surface area contributed by atoms with Gasteiger partial charge in [0.05, 0.1) is 16.8 Å². The van der Waals surface area contributed by atoms with Gasteiger partial charge in [0.15, 0.2) is 0 Å². The Labute approximate surface area is 110 Å². The summed E-state index contributed by atoms with van der Waals surface area (Å²) in [6, 6.07) is 1.92. The van der Waals surface area contributed by atoms with Gasteiger partial charge < -0.3 is 15.1 Å². The number of likely N-dealkylation sites (N-methyl/N-ethyl adjacent to an activating group) is 1. The van der Waals surface area contributed by atoms with E-state index in [2.05, 4.69) is 38.3 Å². The maximum Gasteiger partial charge on any atom is 0.137 e. The van der Waals surface area contributed by atoms with Crippen LogP contribution in [0, 0.1) is 0 Å². The molecule has 0 radical (unpaired) electrons. The van der Waals surface area contributed by atoms with Gasteiger partial charge in [-0.3, -0.25) is 0 Å². The molecule has 96 valence electrons. The third-order valence-corrected chi connectivity index (χ3v) is 3.69. The number of rotatable bonds is 4. The first kappa shape index (κ1) is 13.0. The van der Waals surface area contributed by atoms with Crippen LogP contribution < -0.4 is 11.2 Å². The van der Waals surface area contributed by atoms with Gasteiger partial charge in [0.2, 0.25) is 0 Å². The number of hydrogen-bond acceptors (Lipinski definition) is 5. The fourth-order valence-corrected chi connectivity index (χ4v) is 2.41. The lowest BCUT2D eigenvalue weighted by Crippen LogP contribution is -2.52. The molecule has 0 amide bonds. The molecule has 0 aliphatic carbocycles. The van der Waals surface area contributed by atoms with Gasteiger partial charge in [-0.2, -0.15) is 0 Å². The molecule has 0 spiro atoms. The molecule has 1 unspecified atom stereocenters. The summed E-state index contributed by atoms with van der Waals surface area (Å²) in [4.78, 5) is 2.32. The molecule has 1 saturated heterocycles. The van der Waals surface area contributed by atoms with Crippen LogP contribution in [-0.4, -0.2) is 49.7 Å². The SMILES string of the molecule is CN1CCN(NC(CN)c2occc2Br)CC1. The maximum absolute atomic E-state index is 5.80. The Morgan fingerprint density at radius 1 is 1.47 bits per heavy atom. The number of furan rings is 1. The summed E-state index contributed by atoms with van der Waals surface area (Å²) in [5.41, 5.74) is 9.22. The van der Waals surface area contributed by atoms with E-state index in [0.29, 0.717) is 6.54 Å². The van der Waals surface area contributed by atoms with Crippen molar-refractivity contribution in [2.75, 3.05) is 39.8 Å². The van der Waals surface area contributed by atoms with E-state index < -0.39 is 0 Å². The average molecular weight is 303 g/mol. The van der Waals surface area contributed by atoms with E-state index in [1.54, 1.807) is 6.26 Å². The molecule has 6 heteroatoms. The molecular formula is C11H19BrN4O. The standard InChI is InChI=1S/C11H19BrN4O/c1-15-3-5-16(6-4-15)14-10(8-13)11-9(12)2-7-17-11/h2,7,10,14H,3-6,8,13H2,1H3. The van der Waals surface area contributed by atoms with Crippen molar-refractivity contribution in [2.45, 2.75) is 6.04 Å². The number of hydrogen-bond donors (Lipinski definition) is 2. The van der Waals surface area contributed by atoms with Gasteiger partial charge in [-0.05, 0) is 29.0 Å². The van der Waals surface area contributed by atoms with Gasteiger partial charge in [-0.15, -0.1) is 0 Å². The predicted octanol–water partition coefficient (Wildman–Crippen LogP) is 0.794. The normalized spacial score (nSPS) is 20.6. The molecule has 17 heavy (non-hydrogen) atoms. The number of nitrogens with two attached hydrogens (primary N) is 1. The highest BCUT2D eigenvalue weighted by molar-refractivity contribution is 9.10. The number of hydrazine groups is 1. The summed E-state index contributed by atoms with van der Waals surface area (Å²) >= 11 is 3.47. The lowest BCUT2D eigenvalue weighted by molar-refractivity contribution is 0.0834. The quantitative estimate of drug-likeness (QED) is 0.861. The third-order valence-electron chi connectivity index (χ3n) is 3.04. The van der Waals surface area contributed by atoms with Crippen molar-refractivity contribution in [3.63, 3.8) is 0 Å². The third kappa shape index (κ3) is 3.29. The summed E-state index contributed by atoms with van der Waals surface area (Å²) in [6.45, 7) is 4.67. The molecule has 2 rings (SSSR count). The maximum atomic E-state index is 5.80. The number of nitrogens with one attached hydrogen (secondary N) is 1. The van der Waals surface area contributed by atoms with Crippen LogP contribution in [0.4, 0.5) is 0 Å². The van der Waals surface area contributed by atoms with E-state index in [4.69, 9.17) is 10.2 Å². The van der Waals surface area contributed by atoms with Crippen LogP contribution in [0.25, 0.3) is 0 Å². The number of piperazine rings is 1. The minimum atomic E-state index is 0.0304. The highest BCUT2D eigenvalue weighted by Gasteiger charge is 2.21. The second-order valence-electron chi connectivity index (χ2n) is 4.34. The van der Waals surface area contributed by atoms with Gasteiger partial charge in [-0.25, -0.2) is 10.4 Å². The zero-order chi connectivity index (χ0) is 12.3. The minimum absolute atomic E-state index is 0.0304. The first-order valence-corrected chi connectivity index (χ1v) is 6.62. The average Bonchev–Trinajstić information content (AvgIpc) is 2.75. The van der Waals surface area contributed by atoms with Gasteiger partial charge in [0.1, 0.15) is 5.76 Å². The van der Waals surface area contributed by atoms with Crippen molar-refractivity contribution in [3.05, 3.63) is 22.6 Å². The zero-order valence-corrected chi connectivity index (χ0v) is 11.6. The second-order valence-corrected chi connectivity index (χ2v) is 5.19. The summed E-state index contributed by atoms with van der Waals surface area (Å²) in [7, 11) is 2.14. The Balaban J connectivity index is 1.94. The van der Waals surface area contributed by atoms with Gasteiger partial charge >= 0.3 is 0 Å². The van der Waals surface area contributed by atoms with Gasteiger partial charge in [-0.1, -0.05) is 0 Å². The summed E-state index contributed by atoms with van der Waals surface area (Å²) < 4.78 is 6.42. The smallest absolute Gasteiger partial charge is 0.137 e. The fraction of sp³-hybridized carbons (Fsp3) is 0.636. The van der Waals surface area contributed by atoms with Crippen LogP contribution in [0.15, 0.2) is 21.2 Å². The highest BCUT2D eigenvalue weighted by Crippen LogP contribution is 2.24. The fourth-order valence-electron chi connectivity index (χ4n) is 1.93. The van der Waals surface area contributed by atoms with E-state index in [-0.39, 0.29) is 6.04 Å². The largest absolute Gasteiger partial charge is 0.466 e. The van der Waals surface area contributed by atoms with Crippen LogP contribution in [-0.2, 0) is 0 Å². The van der Waals surface area contributed by atoms with Crippen LogP contribution in [0.2, 0.25) is 0 Å². The lowest BCUT2D eigenvalue weighted by Gasteiger charge is -2.34. The topological polar surface area (TPSA) is 57.7 Å². The van der Waals surface area contributed by atoms with Crippen LogP contribution in [0.3, 0.4) is 0 Å². The highest BCUT2D eigenvalue weighted by atomic mass is 79.9. The molecular weight excluding hydrogens is 284 g/mol. The van der Waals surface area contributed by atoms with Crippen molar-refractivity contribution in [1.29, 1.82) is 0 Å². The number of halogens is 1. The van der Waals surface area contributed by atoms with Crippen molar-refractivity contribution >= 4 is 15.9 Å². The molecule has 1 aromatic heterocycles. The first-order chi connectivity index (χ1) is 8.20. The molecule has 1 fully saturated rings. The number of nitrogens with zero attached hydrogens (tertiary/aromatic N) is 2. The van der Waals surface area contributed by atoms with Crippen molar-refractivity contribution in [3.8, 4) is 0 Å². The molecule has 1 aromatic rings. The predicted molar refractivity (Wildman–Crippen MR) is 70.4 cm³/mol. The molecule has 1 aliphatic rings. The van der Waals surface area contributed by atoms with E-state index in [9.17, 15) is 0 Å².